The van der Waals surface area contributed by atoms with E-state index in [1.54, 1.807) is 0 Å². The molecule has 0 atom stereocenters. The van der Waals surface area contributed by atoms with Crippen molar-refractivity contribution >= 4 is 33.6 Å². The summed E-state index contributed by atoms with van der Waals surface area (Å²) in [6.07, 6.45) is 9.94. The lowest BCUT2D eigenvalue weighted by atomic mass is 9.90. The van der Waals surface area contributed by atoms with Gasteiger partial charge in [0.25, 0.3) is 0 Å². The van der Waals surface area contributed by atoms with E-state index in [0.29, 0.717) is 5.92 Å². The van der Waals surface area contributed by atoms with Gasteiger partial charge in [-0.25, -0.2) is 9.97 Å². The lowest BCUT2D eigenvalue weighted by molar-refractivity contribution is 0.462. The largest absolute Gasteiger partial charge is 0.346 e. The summed E-state index contributed by atoms with van der Waals surface area (Å²) in [4.78, 5) is 16.3. The molecule has 0 aromatic carbocycles. The number of aryl methyl sites for hydroxylation is 2. The molecule has 142 valence electrons. The second-order valence-electron chi connectivity index (χ2n) is 8.04. The molecule has 1 aliphatic carbocycles. The zero-order chi connectivity index (χ0) is 18.5. The standard InChI is InChI=1S/C22H24N6/c1-2-15-16-4-5-20(28-22(16)27-19(15)3-1)26-14-10-17-18(12-25-21(17)24-11-14)13-6-8-23-9-7-13/h4-5,10-13,23H,1-3,6-9H2,(H,24,25)(H2,26,27,28). The predicted molar refractivity (Wildman–Crippen MR) is 112 cm³/mol. The van der Waals surface area contributed by atoms with Crippen LogP contribution in [-0.2, 0) is 12.8 Å². The van der Waals surface area contributed by atoms with Crippen molar-refractivity contribution < 1.29 is 0 Å². The zero-order valence-electron chi connectivity index (χ0n) is 15.8. The number of pyridine rings is 2. The van der Waals surface area contributed by atoms with Crippen molar-refractivity contribution in [2.45, 2.75) is 38.0 Å². The first-order valence-electron chi connectivity index (χ1n) is 10.3. The molecule has 0 spiro atoms. The summed E-state index contributed by atoms with van der Waals surface area (Å²) in [6.45, 7) is 2.18. The molecule has 0 amide bonds. The summed E-state index contributed by atoms with van der Waals surface area (Å²) in [5.41, 5.74) is 7.13. The molecule has 4 aromatic rings. The molecule has 6 nitrogen and oxygen atoms in total. The van der Waals surface area contributed by atoms with Crippen LogP contribution < -0.4 is 10.6 Å². The van der Waals surface area contributed by atoms with Gasteiger partial charge in [0, 0.05) is 22.7 Å². The van der Waals surface area contributed by atoms with Crippen LogP contribution in [0.5, 0.6) is 0 Å². The van der Waals surface area contributed by atoms with Gasteiger partial charge >= 0.3 is 0 Å². The van der Waals surface area contributed by atoms with Gasteiger partial charge in [-0.1, -0.05) is 0 Å². The minimum atomic E-state index is 0.600. The number of nitrogens with one attached hydrogen (secondary N) is 4. The van der Waals surface area contributed by atoms with E-state index >= 15 is 0 Å². The topological polar surface area (TPSA) is 81.4 Å². The normalized spacial score (nSPS) is 17.4. The van der Waals surface area contributed by atoms with Crippen LogP contribution in [0, 0.1) is 0 Å². The Morgan fingerprint density at radius 2 is 1.96 bits per heavy atom. The molecule has 0 unspecified atom stereocenters. The Kier molecular flexibility index (Phi) is 3.65. The van der Waals surface area contributed by atoms with Gasteiger partial charge in [-0.05, 0) is 80.4 Å². The van der Waals surface area contributed by atoms with Gasteiger partial charge in [-0.2, -0.15) is 0 Å². The Morgan fingerprint density at radius 1 is 1.04 bits per heavy atom. The molecule has 4 aromatic heterocycles. The molecule has 2 aliphatic rings. The lowest BCUT2D eigenvalue weighted by Crippen LogP contribution is -2.26. The van der Waals surface area contributed by atoms with Gasteiger partial charge in [0.2, 0.25) is 0 Å². The van der Waals surface area contributed by atoms with Gasteiger partial charge < -0.3 is 20.6 Å². The van der Waals surface area contributed by atoms with E-state index in [-0.39, 0.29) is 0 Å². The third-order valence-electron chi connectivity index (χ3n) is 6.32. The number of nitrogens with zero attached hydrogens (tertiary/aromatic N) is 2. The molecule has 5 heterocycles. The first-order chi connectivity index (χ1) is 13.8. The van der Waals surface area contributed by atoms with Crippen molar-refractivity contribution in [1.82, 2.24) is 25.3 Å². The monoisotopic (exact) mass is 372 g/mol. The molecule has 4 N–H and O–H groups in total. The Balaban J connectivity index is 1.33. The lowest BCUT2D eigenvalue weighted by Gasteiger charge is -2.22. The van der Waals surface area contributed by atoms with Gasteiger partial charge in [0.15, 0.2) is 0 Å². The summed E-state index contributed by atoms with van der Waals surface area (Å²) in [5.74, 6) is 1.45. The Bertz CT molecular complexity index is 1160. The van der Waals surface area contributed by atoms with Crippen LogP contribution in [0.2, 0.25) is 0 Å². The van der Waals surface area contributed by atoms with Crippen molar-refractivity contribution in [2.24, 2.45) is 0 Å². The van der Waals surface area contributed by atoms with Crippen molar-refractivity contribution in [2.75, 3.05) is 18.4 Å². The minimum absolute atomic E-state index is 0.600. The first-order valence-corrected chi connectivity index (χ1v) is 10.3. The maximum Gasteiger partial charge on any atom is 0.140 e. The Morgan fingerprint density at radius 3 is 2.89 bits per heavy atom. The average molecular weight is 372 g/mol. The number of rotatable bonds is 3. The third-order valence-corrected chi connectivity index (χ3v) is 6.32. The molecule has 0 bridgehead atoms. The number of hydrogen-bond acceptors (Lipinski definition) is 4. The summed E-state index contributed by atoms with van der Waals surface area (Å²) < 4.78 is 0. The zero-order valence-corrected chi connectivity index (χ0v) is 15.8. The minimum Gasteiger partial charge on any atom is -0.346 e. The van der Waals surface area contributed by atoms with Gasteiger partial charge in [0.05, 0.1) is 11.9 Å². The Hall–Kier alpha value is -2.86. The number of piperidine rings is 1. The van der Waals surface area contributed by atoms with Crippen molar-refractivity contribution in [3.05, 3.63) is 47.4 Å². The fraction of sp³-hybridized carbons (Fsp3) is 0.364. The second-order valence-corrected chi connectivity index (χ2v) is 8.04. The first kappa shape index (κ1) is 16.1. The van der Waals surface area contributed by atoms with Crippen LogP contribution >= 0.6 is 0 Å². The number of aromatic nitrogens is 4. The number of aromatic amines is 2. The van der Waals surface area contributed by atoms with E-state index in [1.165, 1.54) is 46.9 Å². The number of fused-ring (bicyclic) bond motifs is 4. The van der Waals surface area contributed by atoms with E-state index < -0.39 is 0 Å². The van der Waals surface area contributed by atoms with E-state index in [9.17, 15) is 0 Å². The summed E-state index contributed by atoms with van der Waals surface area (Å²) in [5, 5.41) is 9.39. The molecule has 6 rings (SSSR count). The molecule has 6 heteroatoms. The van der Waals surface area contributed by atoms with Crippen LogP contribution in [0.25, 0.3) is 22.1 Å². The number of H-pyrrole nitrogens is 2. The highest BCUT2D eigenvalue weighted by Gasteiger charge is 2.20. The van der Waals surface area contributed by atoms with Crippen molar-refractivity contribution in [3.8, 4) is 0 Å². The highest BCUT2D eigenvalue weighted by molar-refractivity contribution is 5.86. The maximum absolute atomic E-state index is 4.80. The number of hydrogen-bond donors (Lipinski definition) is 4. The smallest absolute Gasteiger partial charge is 0.140 e. The quantitative estimate of drug-likeness (QED) is 0.436. The van der Waals surface area contributed by atoms with Gasteiger partial charge in [-0.3, -0.25) is 0 Å². The van der Waals surface area contributed by atoms with Crippen LogP contribution in [0.3, 0.4) is 0 Å². The fourth-order valence-corrected chi connectivity index (χ4v) is 4.90. The molecular formula is C22H24N6. The van der Waals surface area contributed by atoms with E-state index in [4.69, 9.17) is 4.98 Å². The molecule has 0 saturated carbocycles. The van der Waals surface area contributed by atoms with E-state index in [0.717, 1.165) is 48.7 Å². The molecule has 1 fully saturated rings. The Labute approximate surface area is 163 Å². The molecule has 1 aliphatic heterocycles. The fourth-order valence-electron chi connectivity index (χ4n) is 4.90. The summed E-state index contributed by atoms with van der Waals surface area (Å²) >= 11 is 0. The summed E-state index contributed by atoms with van der Waals surface area (Å²) in [6, 6.07) is 6.47. The maximum atomic E-state index is 4.80. The van der Waals surface area contributed by atoms with Gasteiger partial charge in [-0.15, -0.1) is 0 Å². The second kappa shape index (κ2) is 6.34. The highest BCUT2D eigenvalue weighted by Crippen LogP contribution is 2.33. The summed E-state index contributed by atoms with van der Waals surface area (Å²) in [7, 11) is 0. The van der Waals surface area contributed by atoms with Crippen LogP contribution in [0.4, 0.5) is 11.5 Å². The van der Waals surface area contributed by atoms with Crippen molar-refractivity contribution in [3.63, 3.8) is 0 Å². The molecule has 1 saturated heterocycles. The van der Waals surface area contributed by atoms with Crippen LogP contribution in [0.1, 0.15) is 42.0 Å². The van der Waals surface area contributed by atoms with E-state index in [1.807, 2.05) is 6.20 Å². The van der Waals surface area contributed by atoms with E-state index in [2.05, 4.69) is 50.0 Å². The van der Waals surface area contributed by atoms with Crippen molar-refractivity contribution in [1.29, 1.82) is 0 Å². The third kappa shape index (κ3) is 2.59. The van der Waals surface area contributed by atoms with Gasteiger partial charge in [0.1, 0.15) is 17.1 Å². The van der Waals surface area contributed by atoms with Crippen LogP contribution in [-0.4, -0.2) is 33.0 Å². The van der Waals surface area contributed by atoms with Crippen LogP contribution in [0.15, 0.2) is 30.6 Å². The SMILES string of the molecule is c1nc2[nH]cc(C3CCNCC3)c2cc1Nc1ccc2c3c([nH]c2n1)CCC3. The molecular weight excluding hydrogens is 348 g/mol. The number of anilines is 2. The molecule has 0 radical (unpaired) electrons. The predicted octanol–water partition coefficient (Wildman–Crippen LogP) is 4.14. The highest BCUT2D eigenvalue weighted by atomic mass is 15.0. The molecule has 28 heavy (non-hydrogen) atoms. The average Bonchev–Trinajstić information content (AvgIpc) is 3.42.